The van der Waals surface area contributed by atoms with E-state index in [0.717, 1.165) is 26.1 Å². The van der Waals surface area contributed by atoms with Crippen LogP contribution in [0.1, 0.15) is 39.5 Å². The Morgan fingerprint density at radius 2 is 2.22 bits per heavy atom. The summed E-state index contributed by atoms with van der Waals surface area (Å²) < 4.78 is 10.5. The molecule has 0 bridgehead atoms. The SMILES string of the molecule is CC(C)COCCOC(=O)CCC1CCCNC1. The number of hydrogen-bond donors (Lipinski definition) is 1. The van der Waals surface area contributed by atoms with E-state index < -0.39 is 0 Å². The van der Waals surface area contributed by atoms with E-state index >= 15 is 0 Å². The van der Waals surface area contributed by atoms with E-state index in [1.54, 1.807) is 0 Å². The van der Waals surface area contributed by atoms with Gasteiger partial charge in [0.05, 0.1) is 6.61 Å². The van der Waals surface area contributed by atoms with Crippen molar-refractivity contribution in [2.75, 3.05) is 32.9 Å². The van der Waals surface area contributed by atoms with Crippen molar-refractivity contribution in [2.45, 2.75) is 39.5 Å². The van der Waals surface area contributed by atoms with Crippen LogP contribution in [0.3, 0.4) is 0 Å². The largest absolute Gasteiger partial charge is 0.463 e. The van der Waals surface area contributed by atoms with Gasteiger partial charge in [-0.2, -0.15) is 0 Å². The number of hydrogen-bond acceptors (Lipinski definition) is 4. The molecular formula is C14H27NO3. The average molecular weight is 257 g/mol. The van der Waals surface area contributed by atoms with Crippen LogP contribution in [0.25, 0.3) is 0 Å². The first-order valence-corrected chi connectivity index (χ1v) is 7.12. The molecule has 18 heavy (non-hydrogen) atoms. The maximum absolute atomic E-state index is 11.5. The lowest BCUT2D eigenvalue weighted by Gasteiger charge is -2.22. The second-order valence-electron chi connectivity index (χ2n) is 5.44. The first kappa shape index (κ1) is 15.4. The normalized spacial score (nSPS) is 20.1. The smallest absolute Gasteiger partial charge is 0.305 e. The van der Waals surface area contributed by atoms with Gasteiger partial charge in [-0.15, -0.1) is 0 Å². The topological polar surface area (TPSA) is 47.6 Å². The number of carbonyl (C=O) groups excluding carboxylic acids is 1. The summed E-state index contributed by atoms with van der Waals surface area (Å²) in [7, 11) is 0. The van der Waals surface area contributed by atoms with Gasteiger partial charge in [0, 0.05) is 13.0 Å². The molecule has 0 aliphatic carbocycles. The van der Waals surface area contributed by atoms with Crippen LogP contribution in [-0.2, 0) is 14.3 Å². The van der Waals surface area contributed by atoms with Gasteiger partial charge in [-0.1, -0.05) is 13.8 Å². The van der Waals surface area contributed by atoms with Crippen molar-refractivity contribution in [3.05, 3.63) is 0 Å². The molecule has 1 N–H and O–H groups in total. The maximum Gasteiger partial charge on any atom is 0.305 e. The van der Waals surface area contributed by atoms with Crippen LogP contribution in [0.2, 0.25) is 0 Å². The molecule has 1 fully saturated rings. The van der Waals surface area contributed by atoms with E-state index in [1.807, 2.05) is 0 Å². The van der Waals surface area contributed by atoms with Crippen LogP contribution in [0.4, 0.5) is 0 Å². The standard InChI is InChI=1S/C14H27NO3/c1-12(2)11-17-8-9-18-14(16)6-5-13-4-3-7-15-10-13/h12-13,15H,3-11H2,1-2H3. The van der Waals surface area contributed by atoms with Gasteiger partial charge in [0.15, 0.2) is 0 Å². The lowest BCUT2D eigenvalue weighted by atomic mass is 9.95. The van der Waals surface area contributed by atoms with E-state index in [1.165, 1.54) is 12.8 Å². The lowest BCUT2D eigenvalue weighted by Crippen LogP contribution is -2.30. The molecular weight excluding hydrogens is 230 g/mol. The second-order valence-corrected chi connectivity index (χ2v) is 5.44. The molecule has 0 aromatic rings. The minimum absolute atomic E-state index is 0.0891. The first-order valence-electron chi connectivity index (χ1n) is 7.12. The number of carbonyl (C=O) groups is 1. The molecule has 1 atom stereocenters. The Balaban J connectivity index is 1.93. The number of esters is 1. The molecule has 0 radical (unpaired) electrons. The van der Waals surface area contributed by atoms with Crippen molar-refractivity contribution in [1.82, 2.24) is 5.32 Å². The zero-order valence-electron chi connectivity index (χ0n) is 11.7. The Morgan fingerprint density at radius 1 is 1.39 bits per heavy atom. The third-order valence-corrected chi connectivity index (χ3v) is 3.10. The summed E-state index contributed by atoms with van der Waals surface area (Å²) in [4.78, 5) is 11.5. The lowest BCUT2D eigenvalue weighted by molar-refractivity contribution is -0.145. The van der Waals surface area contributed by atoms with Gasteiger partial charge in [0.1, 0.15) is 6.61 Å². The average Bonchev–Trinajstić information content (AvgIpc) is 2.37. The van der Waals surface area contributed by atoms with Crippen LogP contribution in [0.15, 0.2) is 0 Å². The van der Waals surface area contributed by atoms with E-state index in [9.17, 15) is 4.79 Å². The fourth-order valence-corrected chi connectivity index (χ4v) is 2.10. The van der Waals surface area contributed by atoms with Gasteiger partial charge < -0.3 is 14.8 Å². The van der Waals surface area contributed by atoms with Crippen molar-refractivity contribution in [3.63, 3.8) is 0 Å². The van der Waals surface area contributed by atoms with E-state index in [2.05, 4.69) is 19.2 Å². The minimum atomic E-state index is -0.0891. The molecule has 1 unspecified atom stereocenters. The molecule has 106 valence electrons. The van der Waals surface area contributed by atoms with E-state index in [4.69, 9.17) is 9.47 Å². The molecule has 0 aromatic heterocycles. The van der Waals surface area contributed by atoms with Crippen molar-refractivity contribution in [2.24, 2.45) is 11.8 Å². The van der Waals surface area contributed by atoms with Crippen LogP contribution < -0.4 is 5.32 Å². The molecule has 1 aliphatic rings. The van der Waals surface area contributed by atoms with Gasteiger partial charge in [-0.05, 0) is 44.2 Å². The van der Waals surface area contributed by atoms with Crippen molar-refractivity contribution in [1.29, 1.82) is 0 Å². The monoisotopic (exact) mass is 257 g/mol. The Morgan fingerprint density at radius 3 is 2.89 bits per heavy atom. The molecule has 0 amide bonds. The molecule has 4 heteroatoms. The summed E-state index contributed by atoms with van der Waals surface area (Å²) in [6.45, 7) is 7.99. The molecule has 1 heterocycles. The summed E-state index contributed by atoms with van der Waals surface area (Å²) in [5.74, 6) is 1.08. The van der Waals surface area contributed by atoms with Crippen LogP contribution >= 0.6 is 0 Å². The van der Waals surface area contributed by atoms with Crippen molar-refractivity contribution in [3.8, 4) is 0 Å². The Kier molecular flexibility index (Phi) is 8.01. The number of ether oxygens (including phenoxy) is 2. The Bertz CT molecular complexity index is 225. The highest BCUT2D eigenvalue weighted by molar-refractivity contribution is 5.69. The van der Waals surface area contributed by atoms with Crippen LogP contribution in [0, 0.1) is 11.8 Å². The predicted molar refractivity (Wildman–Crippen MR) is 71.4 cm³/mol. The van der Waals surface area contributed by atoms with E-state index in [-0.39, 0.29) is 5.97 Å². The van der Waals surface area contributed by atoms with Gasteiger partial charge >= 0.3 is 5.97 Å². The highest BCUT2D eigenvalue weighted by Crippen LogP contribution is 2.15. The molecule has 0 aromatic carbocycles. The first-order chi connectivity index (χ1) is 8.68. The van der Waals surface area contributed by atoms with Gasteiger partial charge in [-0.3, -0.25) is 4.79 Å². The number of rotatable bonds is 8. The van der Waals surface area contributed by atoms with Crippen molar-refractivity contribution < 1.29 is 14.3 Å². The van der Waals surface area contributed by atoms with Gasteiger partial charge in [-0.25, -0.2) is 0 Å². The maximum atomic E-state index is 11.5. The molecule has 1 saturated heterocycles. The number of piperidine rings is 1. The molecule has 0 saturated carbocycles. The molecule has 1 aliphatic heterocycles. The summed E-state index contributed by atoms with van der Waals surface area (Å²) in [6.07, 6.45) is 3.94. The molecule has 0 spiro atoms. The summed E-state index contributed by atoms with van der Waals surface area (Å²) >= 11 is 0. The number of nitrogens with one attached hydrogen (secondary N) is 1. The van der Waals surface area contributed by atoms with Gasteiger partial charge in [0.25, 0.3) is 0 Å². The Labute approximate surface area is 110 Å². The fourth-order valence-electron chi connectivity index (χ4n) is 2.10. The van der Waals surface area contributed by atoms with Crippen LogP contribution in [0.5, 0.6) is 0 Å². The summed E-state index contributed by atoms with van der Waals surface area (Å²) in [6, 6.07) is 0. The fraction of sp³-hybridized carbons (Fsp3) is 0.929. The third-order valence-electron chi connectivity index (χ3n) is 3.10. The molecule has 1 rings (SSSR count). The van der Waals surface area contributed by atoms with Crippen molar-refractivity contribution >= 4 is 5.97 Å². The minimum Gasteiger partial charge on any atom is -0.463 e. The predicted octanol–water partition coefficient (Wildman–Crippen LogP) is 1.98. The second kappa shape index (κ2) is 9.34. The van der Waals surface area contributed by atoms with Gasteiger partial charge in [0.2, 0.25) is 0 Å². The van der Waals surface area contributed by atoms with E-state index in [0.29, 0.717) is 31.5 Å². The Hall–Kier alpha value is -0.610. The summed E-state index contributed by atoms with van der Waals surface area (Å²) in [5.41, 5.74) is 0. The summed E-state index contributed by atoms with van der Waals surface area (Å²) in [5, 5.41) is 3.36. The third kappa shape index (κ3) is 7.67. The zero-order chi connectivity index (χ0) is 13.2. The quantitative estimate of drug-likeness (QED) is 0.533. The molecule has 4 nitrogen and oxygen atoms in total. The zero-order valence-corrected chi connectivity index (χ0v) is 11.7. The highest BCUT2D eigenvalue weighted by atomic mass is 16.6. The highest BCUT2D eigenvalue weighted by Gasteiger charge is 2.14. The van der Waals surface area contributed by atoms with Crippen LogP contribution in [-0.4, -0.2) is 38.9 Å².